The number of nitrogens with zero attached hydrogens (tertiary/aromatic N) is 2. The summed E-state index contributed by atoms with van der Waals surface area (Å²) >= 11 is 1.17. The molecule has 9 heteroatoms. The molecule has 0 aliphatic carbocycles. The normalized spacial score (nSPS) is 16.0. The molecule has 0 spiro atoms. The Hall–Kier alpha value is -4.55. The van der Waals surface area contributed by atoms with Crippen LogP contribution in [0.15, 0.2) is 89.5 Å². The Morgan fingerprint density at radius 2 is 1.71 bits per heavy atom. The number of amides is 2. The lowest BCUT2D eigenvalue weighted by Gasteiger charge is -2.18. The number of hydrogen-bond donors (Lipinski definition) is 1. The van der Waals surface area contributed by atoms with Crippen LogP contribution < -0.4 is 15.0 Å². The third kappa shape index (κ3) is 5.88. The molecule has 0 bridgehead atoms. The van der Waals surface area contributed by atoms with Crippen molar-refractivity contribution in [2.45, 2.75) is 18.6 Å². The summed E-state index contributed by atoms with van der Waals surface area (Å²) in [6.07, 6.45) is 0.345. The second-order valence-electron chi connectivity index (χ2n) is 8.21. The fourth-order valence-corrected chi connectivity index (χ4v) is 5.18. The molecule has 1 aliphatic rings. The van der Waals surface area contributed by atoms with Gasteiger partial charge in [-0.05, 0) is 67.4 Å². The van der Waals surface area contributed by atoms with Crippen molar-refractivity contribution >= 4 is 40.9 Å². The van der Waals surface area contributed by atoms with Crippen LogP contribution in [0.3, 0.4) is 0 Å². The van der Waals surface area contributed by atoms with Crippen LogP contribution in [0.5, 0.6) is 5.75 Å². The molecule has 1 saturated heterocycles. The molecule has 3 aromatic carbocycles. The molecule has 38 heavy (non-hydrogen) atoms. The van der Waals surface area contributed by atoms with E-state index in [1.807, 2.05) is 12.1 Å². The zero-order valence-corrected chi connectivity index (χ0v) is 21.7. The van der Waals surface area contributed by atoms with Gasteiger partial charge in [0.25, 0.3) is 5.91 Å². The number of carbonyl (C=O) groups excluding carboxylic acids is 3. The van der Waals surface area contributed by atoms with E-state index < -0.39 is 17.1 Å². The van der Waals surface area contributed by atoms with Crippen molar-refractivity contribution in [2.24, 2.45) is 0 Å². The van der Waals surface area contributed by atoms with E-state index in [1.165, 1.54) is 16.7 Å². The summed E-state index contributed by atoms with van der Waals surface area (Å²) in [5.41, 5.74) is 2.14. The Kier molecular flexibility index (Phi) is 8.46. The molecule has 0 radical (unpaired) electrons. The molecule has 1 aliphatic heterocycles. The van der Waals surface area contributed by atoms with E-state index >= 15 is 0 Å². The summed E-state index contributed by atoms with van der Waals surface area (Å²) in [4.78, 5) is 40.2. The van der Waals surface area contributed by atoms with Gasteiger partial charge in [-0.15, -0.1) is 0 Å². The molecular weight excluding hydrogens is 502 g/mol. The van der Waals surface area contributed by atoms with E-state index in [1.54, 1.807) is 86.8 Å². The number of nitrogens with one attached hydrogen (secondary N) is 1. The van der Waals surface area contributed by atoms with Crippen molar-refractivity contribution < 1.29 is 23.9 Å². The second-order valence-corrected chi connectivity index (χ2v) is 9.40. The highest BCUT2D eigenvalue weighted by Crippen LogP contribution is 2.42. The van der Waals surface area contributed by atoms with Crippen LogP contribution in [-0.2, 0) is 20.7 Å². The molecule has 1 unspecified atom stereocenters. The van der Waals surface area contributed by atoms with Crippen molar-refractivity contribution in [2.75, 3.05) is 23.9 Å². The van der Waals surface area contributed by atoms with Gasteiger partial charge in [-0.25, -0.2) is 4.79 Å². The van der Waals surface area contributed by atoms with Crippen LogP contribution in [-0.4, -0.2) is 36.8 Å². The number of anilines is 2. The van der Waals surface area contributed by atoms with Crippen LogP contribution >= 0.6 is 11.8 Å². The highest BCUT2D eigenvalue weighted by atomic mass is 32.2. The highest BCUT2D eigenvalue weighted by Gasteiger charge is 2.40. The number of rotatable bonds is 8. The van der Waals surface area contributed by atoms with Crippen molar-refractivity contribution in [1.29, 1.82) is 5.26 Å². The molecule has 0 saturated carbocycles. The zero-order chi connectivity index (χ0) is 27.1. The lowest BCUT2D eigenvalue weighted by atomic mass is 10.1. The molecule has 8 nitrogen and oxygen atoms in total. The Bertz CT molecular complexity index is 1400. The van der Waals surface area contributed by atoms with Crippen molar-refractivity contribution in [3.8, 4) is 11.8 Å². The van der Waals surface area contributed by atoms with Crippen molar-refractivity contribution in [3.05, 3.63) is 101 Å². The average molecular weight is 528 g/mol. The summed E-state index contributed by atoms with van der Waals surface area (Å²) in [7, 11) is 1.55. The first-order chi connectivity index (χ1) is 18.4. The monoisotopic (exact) mass is 527 g/mol. The van der Waals surface area contributed by atoms with Gasteiger partial charge in [-0.2, -0.15) is 5.26 Å². The summed E-state index contributed by atoms with van der Waals surface area (Å²) in [5, 5.41) is 12.4. The fraction of sp³-hybridized carbons (Fsp3) is 0.172. The number of para-hydroxylation sites is 1. The lowest BCUT2D eigenvalue weighted by molar-refractivity contribution is -0.117. The molecule has 2 amide bonds. The topological polar surface area (TPSA) is 109 Å². The van der Waals surface area contributed by atoms with Gasteiger partial charge in [0.05, 0.1) is 24.5 Å². The van der Waals surface area contributed by atoms with E-state index in [9.17, 15) is 19.6 Å². The maximum atomic E-state index is 13.6. The molecule has 192 valence electrons. The predicted octanol–water partition coefficient (Wildman–Crippen LogP) is 4.94. The molecule has 0 aromatic heterocycles. The predicted molar refractivity (Wildman–Crippen MR) is 146 cm³/mol. The van der Waals surface area contributed by atoms with Crippen LogP contribution in [0.4, 0.5) is 11.4 Å². The largest absolute Gasteiger partial charge is 0.497 e. The molecule has 1 N–H and O–H groups in total. The van der Waals surface area contributed by atoms with Crippen LogP contribution in [0.25, 0.3) is 0 Å². The van der Waals surface area contributed by atoms with Gasteiger partial charge >= 0.3 is 5.97 Å². The molecule has 3 aromatic rings. The quantitative estimate of drug-likeness (QED) is 0.251. The first-order valence-electron chi connectivity index (χ1n) is 11.9. The maximum Gasteiger partial charge on any atom is 0.338 e. The smallest absolute Gasteiger partial charge is 0.338 e. The Balaban J connectivity index is 1.63. The van der Waals surface area contributed by atoms with Gasteiger partial charge in [0.15, 0.2) is 0 Å². The molecule has 1 fully saturated rings. The number of methoxy groups -OCH3 is 1. The molecule has 1 heterocycles. The number of ether oxygens (including phenoxy) is 2. The number of thioether (sulfide) groups is 1. The minimum atomic E-state index is -0.617. The number of hydrogen-bond acceptors (Lipinski definition) is 7. The molecular formula is C29H25N3O5S. The average Bonchev–Trinajstić information content (AvgIpc) is 3.25. The second kappa shape index (κ2) is 12.1. The lowest BCUT2D eigenvalue weighted by Crippen LogP contribution is -2.30. The minimum Gasteiger partial charge on any atom is -0.497 e. The minimum absolute atomic E-state index is 0.164. The van der Waals surface area contributed by atoms with E-state index in [4.69, 9.17) is 9.47 Å². The number of nitriles is 1. The van der Waals surface area contributed by atoms with Gasteiger partial charge in [0.1, 0.15) is 22.4 Å². The zero-order valence-electron chi connectivity index (χ0n) is 20.8. The van der Waals surface area contributed by atoms with Gasteiger partial charge in [-0.1, -0.05) is 42.1 Å². The standard InChI is InChI=1S/C29H25N3O5S/c1-3-37-29(35)20-11-9-19(10-12-20)17-25-27(34)32(22-7-5-4-6-8-22)28(38-25)24(18-30)26(33)31-21-13-15-23(36-2)16-14-21/h4-16,25H,3,17H2,1-2H3,(H,31,33). The van der Waals surface area contributed by atoms with Crippen LogP contribution in [0.1, 0.15) is 22.8 Å². The summed E-state index contributed by atoms with van der Waals surface area (Å²) in [6, 6.07) is 24.5. The summed E-state index contributed by atoms with van der Waals surface area (Å²) in [5.74, 6) is -0.636. The van der Waals surface area contributed by atoms with Gasteiger partial charge in [-0.3, -0.25) is 14.5 Å². The van der Waals surface area contributed by atoms with Crippen molar-refractivity contribution in [1.82, 2.24) is 0 Å². The van der Waals surface area contributed by atoms with Crippen LogP contribution in [0, 0.1) is 11.3 Å². The number of esters is 1. The van der Waals surface area contributed by atoms with Crippen molar-refractivity contribution in [3.63, 3.8) is 0 Å². The first-order valence-corrected chi connectivity index (χ1v) is 12.7. The molecule has 1 atom stereocenters. The van der Waals surface area contributed by atoms with E-state index in [0.717, 1.165) is 5.56 Å². The molecule has 4 rings (SSSR count). The van der Waals surface area contributed by atoms with E-state index in [-0.39, 0.29) is 23.1 Å². The van der Waals surface area contributed by atoms with Gasteiger partial charge < -0.3 is 14.8 Å². The Morgan fingerprint density at radius 1 is 1.03 bits per heavy atom. The van der Waals surface area contributed by atoms with E-state index in [2.05, 4.69) is 5.32 Å². The SMILES string of the molecule is CCOC(=O)c1ccc(CC2SC(=C(C#N)C(=O)Nc3ccc(OC)cc3)N(c3ccccc3)C2=O)cc1. The van der Waals surface area contributed by atoms with Crippen LogP contribution in [0.2, 0.25) is 0 Å². The highest BCUT2D eigenvalue weighted by molar-refractivity contribution is 8.05. The van der Waals surface area contributed by atoms with Gasteiger partial charge in [0.2, 0.25) is 5.91 Å². The maximum absolute atomic E-state index is 13.6. The summed E-state index contributed by atoms with van der Waals surface area (Å²) < 4.78 is 10.2. The Morgan fingerprint density at radius 3 is 2.32 bits per heavy atom. The first kappa shape index (κ1) is 26.5. The Labute approximate surface area is 224 Å². The van der Waals surface area contributed by atoms with E-state index in [0.29, 0.717) is 29.1 Å². The fourth-order valence-electron chi connectivity index (χ4n) is 3.87. The number of benzene rings is 3. The third-order valence-electron chi connectivity index (χ3n) is 5.75. The summed E-state index contributed by atoms with van der Waals surface area (Å²) in [6.45, 7) is 2.02. The third-order valence-corrected chi connectivity index (χ3v) is 7.02. The van der Waals surface area contributed by atoms with Gasteiger partial charge in [0, 0.05) is 11.4 Å². The number of carbonyl (C=O) groups is 3.